The molecule has 1 aliphatic rings. The first-order valence-electron chi connectivity index (χ1n) is 5.66. The number of hydrogen-bond donors (Lipinski definition) is 1. The quantitative estimate of drug-likeness (QED) is 0.826. The molecule has 0 unspecified atom stereocenters. The molecule has 0 saturated carbocycles. The summed E-state index contributed by atoms with van der Waals surface area (Å²) in [6.45, 7) is 3.54. The summed E-state index contributed by atoms with van der Waals surface area (Å²) in [5, 5.41) is 8.73. The fourth-order valence-electron chi connectivity index (χ4n) is 2.29. The fourth-order valence-corrected chi connectivity index (χ4v) is 2.29. The van der Waals surface area contributed by atoms with Crippen molar-refractivity contribution in [3.05, 3.63) is 29.8 Å². The highest BCUT2D eigenvalue weighted by molar-refractivity contribution is 5.78. The Kier molecular flexibility index (Phi) is 3.01. The van der Waals surface area contributed by atoms with Crippen LogP contribution >= 0.6 is 0 Å². The first-order valence-corrected chi connectivity index (χ1v) is 5.66. The molecule has 0 aromatic heterocycles. The molecular formula is C13H15N3O. The third-order valence-electron chi connectivity index (χ3n) is 3.34. The summed E-state index contributed by atoms with van der Waals surface area (Å²) in [5.41, 5.74) is 7.05. The summed E-state index contributed by atoms with van der Waals surface area (Å²) in [6.07, 6.45) is 0. The Labute approximate surface area is 101 Å². The molecule has 1 saturated heterocycles. The van der Waals surface area contributed by atoms with Crippen molar-refractivity contribution in [2.75, 3.05) is 18.0 Å². The van der Waals surface area contributed by atoms with Gasteiger partial charge < -0.3 is 10.6 Å². The molecule has 2 rings (SSSR count). The van der Waals surface area contributed by atoms with Crippen molar-refractivity contribution in [1.82, 2.24) is 0 Å². The molecule has 1 heterocycles. The Morgan fingerprint density at radius 1 is 1.41 bits per heavy atom. The average Bonchev–Trinajstić information content (AvgIpc) is 2.71. The summed E-state index contributed by atoms with van der Waals surface area (Å²) in [6, 6.07) is 9.49. The van der Waals surface area contributed by atoms with Crippen LogP contribution in [0, 0.1) is 23.2 Å². The highest BCUT2D eigenvalue weighted by Crippen LogP contribution is 2.27. The maximum absolute atomic E-state index is 11.2. The Morgan fingerprint density at radius 3 is 2.53 bits per heavy atom. The Bertz CT molecular complexity index is 461. The minimum atomic E-state index is -0.228. The van der Waals surface area contributed by atoms with Gasteiger partial charge in [0.2, 0.25) is 5.91 Å². The molecule has 0 aliphatic carbocycles. The van der Waals surface area contributed by atoms with E-state index in [1.165, 1.54) is 0 Å². The summed E-state index contributed by atoms with van der Waals surface area (Å²) in [5.74, 6) is -0.0255. The molecule has 1 aliphatic heterocycles. The van der Waals surface area contributed by atoms with Crippen molar-refractivity contribution < 1.29 is 4.79 Å². The first kappa shape index (κ1) is 11.5. The van der Waals surface area contributed by atoms with E-state index in [1.807, 2.05) is 19.1 Å². The minimum absolute atomic E-state index is 0.0781. The van der Waals surface area contributed by atoms with Gasteiger partial charge in [0.15, 0.2) is 0 Å². The highest BCUT2D eigenvalue weighted by Gasteiger charge is 2.33. The first-order chi connectivity index (χ1) is 8.11. The van der Waals surface area contributed by atoms with E-state index in [0.717, 1.165) is 12.2 Å². The number of amides is 1. The molecule has 1 aromatic rings. The van der Waals surface area contributed by atoms with Crippen LogP contribution in [0.3, 0.4) is 0 Å². The van der Waals surface area contributed by atoms with Crippen LogP contribution in [0.5, 0.6) is 0 Å². The van der Waals surface area contributed by atoms with E-state index in [2.05, 4.69) is 11.0 Å². The van der Waals surface area contributed by atoms with Gasteiger partial charge in [0.25, 0.3) is 0 Å². The number of nitrogens with two attached hydrogens (primary N) is 1. The average molecular weight is 229 g/mol. The molecule has 1 aromatic carbocycles. The zero-order chi connectivity index (χ0) is 12.4. The lowest BCUT2D eigenvalue weighted by Gasteiger charge is -2.18. The Hall–Kier alpha value is -2.02. The van der Waals surface area contributed by atoms with E-state index < -0.39 is 0 Å². The van der Waals surface area contributed by atoms with E-state index in [1.54, 1.807) is 12.1 Å². The number of carbonyl (C=O) groups is 1. The molecule has 4 heteroatoms. The van der Waals surface area contributed by atoms with Crippen LogP contribution in [0.4, 0.5) is 5.69 Å². The highest BCUT2D eigenvalue weighted by atomic mass is 16.1. The zero-order valence-electron chi connectivity index (χ0n) is 9.76. The smallest absolute Gasteiger partial charge is 0.222 e. The topological polar surface area (TPSA) is 70.1 Å². The van der Waals surface area contributed by atoms with Gasteiger partial charge >= 0.3 is 0 Å². The number of carbonyl (C=O) groups excluding carboxylic acids is 1. The lowest BCUT2D eigenvalue weighted by molar-refractivity contribution is -0.122. The SMILES string of the molecule is C[C@@H]1CN(c2ccc(C#N)cc2)C[C@H]1C(N)=O. The van der Waals surface area contributed by atoms with Crippen molar-refractivity contribution >= 4 is 11.6 Å². The Balaban J connectivity index is 2.14. The van der Waals surface area contributed by atoms with Gasteiger partial charge in [0, 0.05) is 18.8 Å². The normalized spacial score (nSPS) is 23.4. The Morgan fingerprint density at radius 2 is 2.06 bits per heavy atom. The largest absolute Gasteiger partial charge is 0.370 e. The molecule has 17 heavy (non-hydrogen) atoms. The van der Waals surface area contributed by atoms with Crippen LogP contribution in [0.2, 0.25) is 0 Å². The third kappa shape index (κ3) is 2.23. The van der Waals surface area contributed by atoms with Crippen LogP contribution in [-0.2, 0) is 4.79 Å². The predicted octanol–water partition coefficient (Wildman–Crippen LogP) is 1.12. The van der Waals surface area contributed by atoms with Crippen molar-refractivity contribution in [2.24, 2.45) is 17.6 Å². The molecule has 2 N–H and O–H groups in total. The van der Waals surface area contributed by atoms with Gasteiger partial charge in [-0.3, -0.25) is 4.79 Å². The van der Waals surface area contributed by atoms with E-state index in [0.29, 0.717) is 12.1 Å². The van der Waals surface area contributed by atoms with Crippen LogP contribution in [0.25, 0.3) is 0 Å². The van der Waals surface area contributed by atoms with E-state index in [4.69, 9.17) is 11.0 Å². The zero-order valence-corrected chi connectivity index (χ0v) is 9.76. The van der Waals surface area contributed by atoms with Crippen molar-refractivity contribution in [1.29, 1.82) is 5.26 Å². The van der Waals surface area contributed by atoms with Crippen molar-refractivity contribution in [3.8, 4) is 6.07 Å². The summed E-state index contributed by atoms with van der Waals surface area (Å²) in [4.78, 5) is 13.4. The second-order valence-corrected chi connectivity index (χ2v) is 4.55. The van der Waals surface area contributed by atoms with Gasteiger partial charge in [0.1, 0.15) is 0 Å². The second kappa shape index (κ2) is 4.46. The number of hydrogen-bond acceptors (Lipinski definition) is 3. The number of nitriles is 1. The van der Waals surface area contributed by atoms with Gasteiger partial charge in [-0.25, -0.2) is 0 Å². The molecule has 2 atom stereocenters. The van der Waals surface area contributed by atoms with E-state index in [-0.39, 0.29) is 17.7 Å². The van der Waals surface area contributed by atoms with Gasteiger partial charge in [-0.2, -0.15) is 5.26 Å². The van der Waals surface area contributed by atoms with E-state index in [9.17, 15) is 4.79 Å². The van der Waals surface area contributed by atoms with Gasteiger partial charge in [0.05, 0.1) is 17.6 Å². The molecule has 1 fully saturated rings. The van der Waals surface area contributed by atoms with Crippen LogP contribution in [0.15, 0.2) is 24.3 Å². The van der Waals surface area contributed by atoms with Crippen LogP contribution < -0.4 is 10.6 Å². The lowest BCUT2D eigenvalue weighted by atomic mass is 9.98. The molecular weight excluding hydrogens is 214 g/mol. The number of benzene rings is 1. The number of anilines is 1. The number of nitrogens with zero attached hydrogens (tertiary/aromatic N) is 2. The minimum Gasteiger partial charge on any atom is -0.370 e. The van der Waals surface area contributed by atoms with Crippen LogP contribution in [-0.4, -0.2) is 19.0 Å². The van der Waals surface area contributed by atoms with Gasteiger partial charge in [-0.05, 0) is 30.2 Å². The standard InChI is InChI=1S/C13H15N3O/c1-9-7-16(8-12(9)13(15)17)11-4-2-10(6-14)3-5-11/h2-5,9,12H,7-8H2,1H3,(H2,15,17)/t9-,12-/m1/s1. The van der Waals surface area contributed by atoms with Gasteiger partial charge in [-0.15, -0.1) is 0 Å². The molecule has 4 nitrogen and oxygen atoms in total. The third-order valence-corrected chi connectivity index (χ3v) is 3.34. The molecule has 0 radical (unpaired) electrons. The monoisotopic (exact) mass is 229 g/mol. The maximum Gasteiger partial charge on any atom is 0.222 e. The predicted molar refractivity (Wildman–Crippen MR) is 65.2 cm³/mol. The van der Waals surface area contributed by atoms with Gasteiger partial charge in [-0.1, -0.05) is 6.92 Å². The van der Waals surface area contributed by atoms with Crippen molar-refractivity contribution in [2.45, 2.75) is 6.92 Å². The lowest BCUT2D eigenvalue weighted by Crippen LogP contribution is -2.29. The van der Waals surface area contributed by atoms with Crippen LogP contribution in [0.1, 0.15) is 12.5 Å². The molecule has 0 spiro atoms. The maximum atomic E-state index is 11.2. The molecule has 88 valence electrons. The number of rotatable bonds is 2. The van der Waals surface area contributed by atoms with Crippen molar-refractivity contribution in [3.63, 3.8) is 0 Å². The molecule has 1 amide bonds. The fraction of sp³-hybridized carbons (Fsp3) is 0.385. The number of primary amides is 1. The summed E-state index contributed by atoms with van der Waals surface area (Å²) in [7, 11) is 0. The summed E-state index contributed by atoms with van der Waals surface area (Å²) < 4.78 is 0. The second-order valence-electron chi connectivity index (χ2n) is 4.55. The van der Waals surface area contributed by atoms with E-state index >= 15 is 0 Å². The summed E-state index contributed by atoms with van der Waals surface area (Å²) >= 11 is 0. The molecule has 0 bridgehead atoms.